The smallest absolute Gasteiger partial charge is 0.262 e. The number of hydrogen-bond donors (Lipinski definition) is 2. The normalized spacial score (nSPS) is 12.1. The van der Waals surface area contributed by atoms with E-state index in [0.29, 0.717) is 27.8 Å². The molecule has 2 N–H and O–H groups in total. The Balaban J connectivity index is 1.98. The molecule has 31 heavy (non-hydrogen) atoms. The second kappa shape index (κ2) is 11.7. The van der Waals surface area contributed by atoms with Crippen molar-refractivity contribution >= 4 is 41.2 Å². The average Bonchev–Trinajstić information content (AvgIpc) is 2.70. The lowest BCUT2D eigenvalue weighted by Gasteiger charge is -2.19. The zero-order chi connectivity index (χ0) is 23.0. The van der Waals surface area contributed by atoms with Crippen molar-refractivity contribution in [1.29, 1.82) is 0 Å². The number of carbonyl (C=O) groups excluding carboxylic acids is 2. The highest BCUT2D eigenvalue weighted by Gasteiger charge is 2.22. The van der Waals surface area contributed by atoms with Gasteiger partial charge in [-0.1, -0.05) is 67.4 Å². The van der Waals surface area contributed by atoms with Gasteiger partial charge < -0.3 is 10.1 Å². The molecule has 1 atom stereocenters. The minimum Gasteiger partial charge on any atom is -0.483 e. The number of halogens is 2. The van der Waals surface area contributed by atoms with Gasteiger partial charge in [0.1, 0.15) is 11.8 Å². The first kappa shape index (κ1) is 24.7. The van der Waals surface area contributed by atoms with Gasteiger partial charge in [0, 0.05) is 5.56 Å². The van der Waals surface area contributed by atoms with Crippen LogP contribution in [0.2, 0.25) is 10.0 Å². The number of nitrogens with zero attached hydrogens (tertiary/aromatic N) is 1. The quantitative estimate of drug-likeness (QED) is 0.418. The number of hydrazone groups is 1. The molecule has 0 aromatic heterocycles. The minimum atomic E-state index is -0.749. The van der Waals surface area contributed by atoms with Crippen molar-refractivity contribution in [2.75, 3.05) is 6.61 Å². The van der Waals surface area contributed by atoms with Gasteiger partial charge >= 0.3 is 0 Å². The predicted octanol–water partition coefficient (Wildman–Crippen LogP) is 4.67. The Morgan fingerprint density at radius 2 is 1.74 bits per heavy atom. The predicted molar refractivity (Wildman–Crippen MR) is 125 cm³/mol. The van der Waals surface area contributed by atoms with Crippen LogP contribution in [0.3, 0.4) is 0 Å². The molecule has 0 radical (unpaired) electrons. The van der Waals surface area contributed by atoms with Crippen LogP contribution >= 0.6 is 23.2 Å². The summed E-state index contributed by atoms with van der Waals surface area (Å²) in [6.45, 7) is 7.58. The molecule has 2 rings (SSSR count). The van der Waals surface area contributed by atoms with Gasteiger partial charge in [0.2, 0.25) is 0 Å². The molecule has 0 saturated carbocycles. The summed E-state index contributed by atoms with van der Waals surface area (Å²) in [5.41, 5.74) is 4.91. The number of ether oxygens (including phenoxy) is 1. The zero-order valence-corrected chi connectivity index (χ0v) is 19.6. The topological polar surface area (TPSA) is 79.8 Å². The Kier molecular flexibility index (Phi) is 9.34. The number of rotatable bonds is 9. The summed E-state index contributed by atoms with van der Waals surface area (Å²) in [6, 6.07) is 10.1. The monoisotopic (exact) mass is 463 g/mol. The van der Waals surface area contributed by atoms with Crippen molar-refractivity contribution in [3.63, 3.8) is 0 Å². The first-order chi connectivity index (χ1) is 14.7. The summed E-state index contributed by atoms with van der Waals surface area (Å²) in [5.74, 6) is 0.0429. The van der Waals surface area contributed by atoms with Gasteiger partial charge in [-0.05, 0) is 43.4 Å². The van der Waals surface area contributed by atoms with E-state index < -0.39 is 11.9 Å². The maximum atomic E-state index is 12.6. The SMILES string of the molecule is Cc1cccc(C)c1OCC(=O)N[C@H](CC(C)C)C(=O)N/N=C\c1cccc(Cl)c1Cl. The molecule has 0 saturated heterocycles. The van der Waals surface area contributed by atoms with Crippen LogP contribution < -0.4 is 15.5 Å². The molecule has 0 bridgehead atoms. The highest BCUT2D eigenvalue weighted by molar-refractivity contribution is 6.43. The summed E-state index contributed by atoms with van der Waals surface area (Å²) in [7, 11) is 0. The first-order valence-electron chi connectivity index (χ1n) is 9.94. The summed E-state index contributed by atoms with van der Waals surface area (Å²) >= 11 is 12.1. The van der Waals surface area contributed by atoms with Gasteiger partial charge in [0.05, 0.1) is 16.3 Å². The number of para-hydroxylation sites is 1. The van der Waals surface area contributed by atoms with E-state index in [4.69, 9.17) is 27.9 Å². The number of nitrogens with one attached hydrogen (secondary N) is 2. The van der Waals surface area contributed by atoms with E-state index in [0.717, 1.165) is 11.1 Å². The molecule has 6 nitrogen and oxygen atoms in total. The van der Waals surface area contributed by atoms with Crippen molar-refractivity contribution in [2.45, 2.75) is 40.2 Å². The van der Waals surface area contributed by atoms with E-state index in [9.17, 15) is 9.59 Å². The maximum absolute atomic E-state index is 12.6. The highest BCUT2D eigenvalue weighted by atomic mass is 35.5. The molecule has 2 aromatic carbocycles. The van der Waals surface area contributed by atoms with Crippen molar-refractivity contribution in [3.8, 4) is 5.75 Å². The van der Waals surface area contributed by atoms with Gasteiger partial charge in [0.15, 0.2) is 6.61 Å². The van der Waals surface area contributed by atoms with Crippen LogP contribution in [0, 0.1) is 19.8 Å². The van der Waals surface area contributed by atoms with Gasteiger partial charge in [-0.3, -0.25) is 9.59 Å². The summed E-state index contributed by atoms with van der Waals surface area (Å²) in [6.07, 6.45) is 1.86. The molecular formula is C23H27Cl2N3O3. The lowest BCUT2D eigenvalue weighted by Crippen LogP contribution is -2.47. The van der Waals surface area contributed by atoms with Crippen LogP contribution in [0.4, 0.5) is 0 Å². The Hall–Kier alpha value is -2.57. The number of hydrogen-bond acceptors (Lipinski definition) is 4. The minimum absolute atomic E-state index is 0.182. The zero-order valence-electron chi connectivity index (χ0n) is 18.0. The second-order valence-corrected chi connectivity index (χ2v) is 8.42. The molecule has 2 amide bonds. The largest absolute Gasteiger partial charge is 0.483 e. The molecular weight excluding hydrogens is 437 g/mol. The molecule has 0 spiro atoms. The third-order valence-corrected chi connectivity index (χ3v) is 5.31. The molecule has 8 heteroatoms. The third-order valence-electron chi connectivity index (χ3n) is 4.48. The fourth-order valence-electron chi connectivity index (χ4n) is 2.97. The van der Waals surface area contributed by atoms with E-state index in [1.54, 1.807) is 18.2 Å². The van der Waals surface area contributed by atoms with Gasteiger partial charge in [-0.15, -0.1) is 0 Å². The number of aryl methyl sites for hydroxylation is 2. The molecule has 0 heterocycles. The number of benzene rings is 2. The summed E-state index contributed by atoms with van der Waals surface area (Å²) in [5, 5.41) is 7.41. The maximum Gasteiger partial charge on any atom is 0.262 e. The number of amides is 2. The lowest BCUT2D eigenvalue weighted by atomic mass is 10.0. The van der Waals surface area contributed by atoms with Gasteiger partial charge in [-0.25, -0.2) is 5.43 Å². The van der Waals surface area contributed by atoms with Crippen LogP contribution in [0.15, 0.2) is 41.5 Å². The third kappa shape index (κ3) is 7.56. The second-order valence-electron chi connectivity index (χ2n) is 7.64. The Morgan fingerprint density at radius 1 is 1.10 bits per heavy atom. The van der Waals surface area contributed by atoms with Crippen molar-refractivity contribution in [3.05, 3.63) is 63.1 Å². The van der Waals surface area contributed by atoms with Gasteiger partial charge in [-0.2, -0.15) is 5.10 Å². The van der Waals surface area contributed by atoms with E-state index in [2.05, 4.69) is 15.8 Å². The van der Waals surface area contributed by atoms with Crippen LogP contribution in [-0.2, 0) is 9.59 Å². The van der Waals surface area contributed by atoms with E-state index in [1.165, 1.54) is 6.21 Å². The lowest BCUT2D eigenvalue weighted by molar-refractivity contribution is -0.130. The molecule has 2 aromatic rings. The highest BCUT2D eigenvalue weighted by Crippen LogP contribution is 2.24. The van der Waals surface area contributed by atoms with E-state index in [-0.39, 0.29) is 18.4 Å². The van der Waals surface area contributed by atoms with E-state index >= 15 is 0 Å². The van der Waals surface area contributed by atoms with Crippen molar-refractivity contribution < 1.29 is 14.3 Å². The fraction of sp³-hybridized carbons (Fsp3) is 0.348. The molecule has 0 fully saturated rings. The molecule has 0 unspecified atom stereocenters. The molecule has 0 aliphatic heterocycles. The summed E-state index contributed by atoms with van der Waals surface area (Å²) < 4.78 is 5.68. The van der Waals surface area contributed by atoms with Crippen LogP contribution in [0.25, 0.3) is 0 Å². The van der Waals surface area contributed by atoms with Crippen molar-refractivity contribution in [2.24, 2.45) is 11.0 Å². The number of carbonyl (C=O) groups is 2. The van der Waals surface area contributed by atoms with Crippen LogP contribution in [-0.4, -0.2) is 30.7 Å². The van der Waals surface area contributed by atoms with Crippen LogP contribution in [0.5, 0.6) is 5.75 Å². The molecule has 0 aliphatic carbocycles. The van der Waals surface area contributed by atoms with Crippen LogP contribution in [0.1, 0.15) is 37.0 Å². The van der Waals surface area contributed by atoms with Crippen molar-refractivity contribution in [1.82, 2.24) is 10.7 Å². The Bertz CT molecular complexity index is 941. The fourth-order valence-corrected chi connectivity index (χ4v) is 3.32. The summed E-state index contributed by atoms with van der Waals surface area (Å²) in [4.78, 5) is 25.0. The first-order valence-corrected chi connectivity index (χ1v) is 10.7. The Labute approximate surface area is 193 Å². The standard InChI is InChI=1S/C23H27Cl2N3O3/c1-14(2)11-19(23(30)28-26-12-17-9-6-10-18(24)21(17)25)27-20(29)13-31-22-15(3)7-5-8-16(22)4/h5-10,12,14,19H,11,13H2,1-4H3,(H,27,29)(H,28,30)/b26-12-/t19-/m1/s1. The average molecular weight is 464 g/mol. The molecule has 0 aliphatic rings. The van der Waals surface area contributed by atoms with E-state index in [1.807, 2.05) is 45.9 Å². The molecule has 166 valence electrons. The van der Waals surface area contributed by atoms with Gasteiger partial charge in [0.25, 0.3) is 11.8 Å². The Morgan fingerprint density at radius 3 is 2.39 bits per heavy atom.